The maximum absolute atomic E-state index is 5.29. The highest BCUT2D eigenvalue weighted by Crippen LogP contribution is 2.55. The van der Waals surface area contributed by atoms with Crippen LogP contribution in [0.2, 0.25) is 0 Å². The van der Waals surface area contributed by atoms with Gasteiger partial charge in [0.2, 0.25) is 0 Å². The Morgan fingerprint density at radius 1 is 1.12 bits per heavy atom. The molecule has 2 saturated heterocycles. The summed E-state index contributed by atoms with van der Waals surface area (Å²) in [4.78, 5) is 2.66. The van der Waals surface area contributed by atoms with Crippen LogP contribution >= 0.6 is 0 Å². The van der Waals surface area contributed by atoms with Crippen LogP contribution in [0.1, 0.15) is 39.5 Å². The van der Waals surface area contributed by atoms with Gasteiger partial charge in [-0.15, -0.1) is 0 Å². The molecular formula is C14H25NO. The molecule has 0 aromatic rings. The van der Waals surface area contributed by atoms with Gasteiger partial charge in [-0.05, 0) is 56.0 Å². The molecule has 2 heteroatoms. The van der Waals surface area contributed by atoms with Crippen molar-refractivity contribution in [3.63, 3.8) is 0 Å². The minimum absolute atomic E-state index is 0.760. The first-order chi connectivity index (χ1) is 7.69. The summed E-state index contributed by atoms with van der Waals surface area (Å²) in [6.07, 6.45) is 5.93. The van der Waals surface area contributed by atoms with E-state index in [4.69, 9.17) is 4.74 Å². The average molecular weight is 223 g/mol. The number of rotatable bonds is 2. The SMILES string of the molecule is CC(C)C1CC2(CCN(C3COC3)CC2)C1. The van der Waals surface area contributed by atoms with E-state index in [1.807, 2.05) is 0 Å². The highest BCUT2D eigenvalue weighted by molar-refractivity contribution is 4.98. The fourth-order valence-corrected chi connectivity index (χ4v) is 3.73. The maximum atomic E-state index is 5.29. The molecule has 3 aliphatic rings. The predicted molar refractivity (Wildman–Crippen MR) is 65.4 cm³/mol. The van der Waals surface area contributed by atoms with Crippen LogP contribution in [0.5, 0.6) is 0 Å². The Hall–Kier alpha value is -0.0800. The molecule has 0 aromatic heterocycles. The van der Waals surface area contributed by atoms with Crippen LogP contribution in [0.15, 0.2) is 0 Å². The van der Waals surface area contributed by atoms with Gasteiger partial charge in [0.15, 0.2) is 0 Å². The molecule has 0 amide bonds. The lowest BCUT2D eigenvalue weighted by Crippen LogP contribution is -2.55. The molecule has 0 atom stereocenters. The van der Waals surface area contributed by atoms with Crippen molar-refractivity contribution in [2.45, 2.75) is 45.6 Å². The van der Waals surface area contributed by atoms with Crippen molar-refractivity contribution in [2.24, 2.45) is 17.3 Å². The second-order valence-electron chi connectivity index (χ2n) is 6.64. The first-order valence-electron chi connectivity index (χ1n) is 7.00. The molecule has 0 radical (unpaired) electrons. The summed E-state index contributed by atoms with van der Waals surface area (Å²) in [7, 11) is 0. The van der Waals surface area contributed by atoms with E-state index in [0.29, 0.717) is 0 Å². The molecule has 3 rings (SSSR count). The van der Waals surface area contributed by atoms with Crippen LogP contribution < -0.4 is 0 Å². The zero-order valence-electron chi connectivity index (χ0n) is 10.7. The van der Waals surface area contributed by atoms with Crippen LogP contribution in [0.25, 0.3) is 0 Å². The number of likely N-dealkylation sites (tertiary alicyclic amines) is 1. The van der Waals surface area contributed by atoms with Crippen LogP contribution in [-0.2, 0) is 4.74 Å². The van der Waals surface area contributed by atoms with Crippen molar-refractivity contribution in [3.05, 3.63) is 0 Å². The molecule has 2 nitrogen and oxygen atoms in total. The Balaban J connectivity index is 1.48. The van der Waals surface area contributed by atoms with Gasteiger partial charge in [-0.2, -0.15) is 0 Å². The molecule has 0 bridgehead atoms. The van der Waals surface area contributed by atoms with E-state index in [9.17, 15) is 0 Å². The van der Waals surface area contributed by atoms with E-state index < -0.39 is 0 Å². The van der Waals surface area contributed by atoms with E-state index in [2.05, 4.69) is 18.7 Å². The van der Waals surface area contributed by atoms with Gasteiger partial charge >= 0.3 is 0 Å². The molecule has 0 unspecified atom stereocenters. The Bertz CT molecular complexity index is 243. The number of hydrogen-bond acceptors (Lipinski definition) is 2. The van der Waals surface area contributed by atoms with Crippen molar-refractivity contribution in [3.8, 4) is 0 Å². The van der Waals surface area contributed by atoms with E-state index in [0.717, 1.165) is 36.5 Å². The van der Waals surface area contributed by atoms with Crippen LogP contribution in [-0.4, -0.2) is 37.2 Å². The first-order valence-corrected chi connectivity index (χ1v) is 7.00. The van der Waals surface area contributed by atoms with Gasteiger partial charge in [-0.3, -0.25) is 4.90 Å². The molecule has 1 aliphatic carbocycles. The van der Waals surface area contributed by atoms with Gasteiger partial charge in [-0.1, -0.05) is 13.8 Å². The summed E-state index contributed by atoms with van der Waals surface area (Å²) >= 11 is 0. The number of ether oxygens (including phenoxy) is 1. The Kier molecular flexibility index (Phi) is 2.75. The summed E-state index contributed by atoms with van der Waals surface area (Å²) in [5.41, 5.74) is 0.760. The van der Waals surface area contributed by atoms with Gasteiger partial charge < -0.3 is 4.74 Å². The van der Waals surface area contributed by atoms with Crippen molar-refractivity contribution < 1.29 is 4.74 Å². The third kappa shape index (κ3) is 1.80. The van der Waals surface area contributed by atoms with Crippen molar-refractivity contribution in [1.29, 1.82) is 0 Å². The van der Waals surface area contributed by atoms with Gasteiger partial charge in [0.05, 0.1) is 19.3 Å². The molecular weight excluding hydrogens is 198 g/mol. The zero-order chi connectivity index (χ0) is 11.2. The molecule has 1 spiro atoms. The van der Waals surface area contributed by atoms with E-state index in [-0.39, 0.29) is 0 Å². The van der Waals surface area contributed by atoms with Crippen LogP contribution in [0, 0.1) is 17.3 Å². The average Bonchev–Trinajstić information content (AvgIpc) is 2.12. The first kappa shape index (κ1) is 11.0. The topological polar surface area (TPSA) is 12.5 Å². The maximum Gasteiger partial charge on any atom is 0.0645 e. The highest BCUT2D eigenvalue weighted by atomic mass is 16.5. The van der Waals surface area contributed by atoms with Gasteiger partial charge in [-0.25, -0.2) is 0 Å². The summed E-state index contributed by atoms with van der Waals surface area (Å²) in [5, 5.41) is 0. The molecule has 3 fully saturated rings. The van der Waals surface area contributed by atoms with Gasteiger partial charge in [0.1, 0.15) is 0 Å². The second-order valence-corrected chi connectivity index (χ2v) is 6.64. The highest BCUT2D eigenvalue weighted by Gasteiger charge is 2.47. The minimum atomic E-state index is 0.760. The number of piperidine rings is 1. The summed E-state index contributed by atoms with van der Waals surface area (Å²) < 4.78 is 5.29. The Morgan fingerprint density at radius 3 is 2.19 bits per heavy atom. The predicted octanol–water partition coefficient (Wildman–Crippen LogP) is 2.53. The molecule has 92 valence electrons. The summed E-state index contributed by atoms with van der Waals surface area (Å²) in [6.45, 7) is 9.41. The minimum Gasteiger partial charge on any atom is -0.378 e. The lowest BCUT2D eigenvalue weighted by atomic mass is 9.55. The molecule has 0 N–H and O–H groups in total. The van der Waals surface area contributed by atoms with Crippen molar-refractivity contribution >= 4 is 0 Å². The number of nitrogens with zero attached hydrogens (tertiary/aromatic N) is 1. The fourth-order valence-electron chi connectivity index (χ4n) is 3.73. The van der Waals surface area contributed by atoms with Crippen LogP contribution in [0.4, 0.5) is 0 Å². The van der Waals surface area contributed by atoms with E-state index >= 15 is 0 Å². The molecule has 1 saturated carbocycles. The summed E-state index contributed by atoms with van der Waals surface area (Å²) in [6, 6.07) is 0.762. The standard InChI is InChI=1S/C14H25NO/c1-11(2)12-7-14(8-12)3-5-15(6-4-14)13-9-16-10-13/h11-13H,3-10H2,1-2H3. The lowest BCUT2D eigenvalue weighted by Gasteiger charge is -2.55. The Labute approximate surface area is 99.3 Å². The largest absolute Gasteiger partial charge is 0.378 e. The zero-order valence-corrected chi connectivity index (χ0v) is 10.7. The van der Waals surface area contributed by atoms with E-state index in [1.165, 1.54) is 38.8 Å². The normalized spacial score (nSPS) is 31.7. The quantitative estimate of drug-likeness (QED) is 0.713. The molecule has 2 aliphatic heterocycles. The Morgan fingerprint density at radius 2 is 1.75 bits per heavy atom. The van der Waals surface area contributed by atoms with E-state index in [1.54, 1.807) is 0 Å². The smallest absolute Gasteiger partial charge is 0.0645 e. The lowest BCUT2D eigenvalue weighted by molar-refractivity contribution is -0.102. The third-order valence-electron chi connectivity index (χ3n) is 5.33. The van der Waals surface area contributed by atoms with Gasteiger partial charge in [0.25, 0.3) is 0 Å². The number of hydrogen-bond donors (Lipinski definition) is 0. The van der Waals surface area contributed by atoms with Crippen molar-refractivity contribution in [1.82, 2.24) is 4.90 Å². The fraction of sp³-hybridized carbons (Fsp3) is 1.00. The third-order valence-corrected chi connectivity index (χ3v) is 5.33. The molecule has 16 heavy (non-hydrogen) atoms. The summed E-state index contributed by atoms with van der Waals surface area (Å²) in [5.74, 6) is 1.93. The molecule has 0 aromatic carbocycles. The van der Waals surface area contributed by atoms with Crippen LogP contribution in [0.3, 0.4) is 0 Å². The van der Waals surface area contributed by atoms with Gasteiger partial charge in [0, 0.05) is 0 Å². The monoisotopic (exact) mass is 223 g/mol. The molecule has 2 heterocycles. The van der Waals surface area contributed by atoms with Crippen molar-refractivity contribution in [2.75, 3.05) is 26.3 Å². The second kappa shape index (κ2) is 3.99.